The molecule has 2 heterocycles. The Morgan fingerprint density at radius 1 is 1.10 bits per heavy atom. The van der Waals surface area contributed by atoms with Crippen molar-refractivity contribution in [2.24, 2.45) is 0 Å². The Labute approximate surface area is 180 Å². The fraction of sp³-hybridized carbons (Fsp3) is 0.292. The summed E-state index contributed by atoms with van der Waals surface area (Å²) in [6.45, 7) is 4.64. The van der Waals surface area contributed by atoms with Crippen LogP contribution >= 0.6 is 0 Å². The molecule has 0 saturated carbocycles. The van der Waals surface area contributed by atoms with E-state index in [1.165, 1.54) is 19.1 Å². The van der Waals surface area contributed by atoms with E-state index in [2.05, 4.69) is 10.4 Å². The zero-order valence-corrected chi connectivity index (χ0v) is 17.6. The molecule has 7 heteroatoms. The normalized spacial score (nSPS) is 14.5. The van der Waals surface area contributed by atoms with Gasteiger partial charge in [0.1, 0.15) is 11.5 Å². The highest BCUT2D eigenvalue weighted by Crippen LogP contribution is 2.27. The third-order valence-electron chi connectivity index (χ3n) is 5.52. The zero-order valence-electron chi connectivity index (χ0n) is 17.6. The van der Waals surface area contributed by atoms with Gasteiger partial charge < -0.3 is 10.2 Å². The maximum Gasteiger partial charge on any atom is 0.257 e. The van der Waals surface area contributed by atoms with Gasteiger partial charge in [-0.25, -0.2) is 9.07 Å². The van der Waals surface area contributed by atoms with E-state index in [1.807, 2.05) is 36.1 Å². The standard InChI is InChI=1S/C24H25FN4O2/c1-16-4-3-5-18(14-16)23-22(15-29(27-23)21-8-6-19(25)7-9-21)24(31)28-12-10-20(11-13-28)26-17(2)30/h3-9,14-15,20H,10-13H2,1-2H3,(H,26,30). The molecule has 0 spiro atoms. The molecule has 1 aliphatic heterocycles. The monoisotopic (exact) mass is 420 g/mol. The van der Waals surface area contributed by atoms with Crippen molar-refractivity contribution in [3.05, 3.63) is 71.7 Å². The molecule has 6 nitrogen and oxygen atoms in total. The van der Waals surface area contributed by atoms with Gasteiger partial charge >= 0.3 is 0 Å². The molecule has 0 atom stereocenters. The van der Waals surface area contributed by atoms with Crippen molar-refractivity contribution in [3.63, 3.8) is 0 Å². The molecule has 2 amide bonds. The second kappa shape index (κ2) is 8.71. The van der Waals surface area contributed by atoms with Crippen LogP contribution in [0.25, 0.3) is 16.9 Å². The van der Waals surface area contributed by atoms with Crippen LogP contribution < -0.4 is 5.32 Å². The number of hydrogen-bond donors (Lipinski definition) is 1. The highest BCUT2D eigenvalue weighted by atomic mass is 19.1. The summed E-state index contributed by atoms with van der Waals surface area (Å²) in [6, 6.07) is 14.0. The number of aromatic nitrogens is 2. The lowest BCUT2D eigenvalue weighted by atomic mass is 10.0. The van der Waals surface area contributed by atoms with Crippen LogP contribution in [0.4, 0.5) is 4.39 Å². The van der Waals surface area contributed by atoms with Crippen LogP contribution in [0.5, 0.6) is 0 Å². The molecule has 2 aromatic carbocycles. The van der Waals surface area contributed by atoms with Crippen LogP contribution in [0, 0.1) is 12.7 Å². The van der Waals surface area contributed by atoms with Crippen molar-refractivity contribution in [1.82, 2.24) is 20.0 Å². The molecule has 3 aromatic rings. The second-order valence-electron chi connectivity index (χ2n) is 7.95. The van der Waals surface area contributed by atoms with E-state index in [0.29, 0.717) is 30.0 Å². The number of halogens is 1. The van der Waals surface area contributed by atoms with Crippen molar-refractivity contribution in [1.29, 1.82) is 0 Å². The Morgan fingerprint density at radius 3 is 2.45 bits per heavy atom. The van der Waals surface area contributed by atoms with Gasteiger partial charge in [-0.3, -0.25) is 9.59 Å². The SMILES string of the molecule is CC(=O)NC1CCN(C(=O)c2cn(-c3ccc(F)cc3)nc2-c2cccc(C)c2)CC1. The van der Waals surface area contributed by atoms with E-state index in [9.17, 15) is 14.0 Å². The van der Waals surface area contributed by atoms with Crippen molar-refractivity contribution in [3.8, 4) is 16.9 Å². The van der Waals surface area contributed by atoms with Crippen molar-refractivity contribution in [2.45, 2.75) is 32.7 Å². The number of rotatable bonds is 4. The third kappa shape index (κ3) is 4.66. The highest BCUT2D eigenvalue weighted by molar-refractivity contribution is 6.00. The average molecular weight is 420 g/mol. The Balaban J connectivity index is 1.66. The first-order chi connectivity index (χ1) is 14.9. The number of carbonyl (C=O) groups is 2. The highest BCUT2D eigenvalue weighted by Gasteiger charge is 2.27. The van der Waals surface area contributed by atoms with Gasteiger partial charge in [-0.05, 0) is 50.1 Å². The Hall–Kier alpha value is -3.48. The molecule has 0 aliphatic carbocycles. The molecule has 0 radical (unpaired) electrons. The first-order valence-electron chi connectivity index (χ1n) is 10.4. The van der Waals surface area contributed by atoms with E-state index >= 15 is 0 Å². The lowest BCUT2D eigenvalue weighted by Gasteiger charge is -2.32. The fourth-order valence-electron chi connectivity index (χ4n) is 3.95. The molecule has 1 saturated heterocycles. The number of carbonyl (C=O) groups excluding carboxylic acids is 2. The Bertz CT molecular complexity index is 1100. The summed E-state index contributed by atoms with van der Waals surface area (Å²) < 4.78 is 15.0. The third-order valence-corrected chi connectivity index (χ3v) is 5.52. The molecule has 0 bridgehead atoms. The zero-order chi connectivity index (χ0) is 22.0. The number of aryl methyl sites for hydroxylation is 1. The Morgan fingerprint density at radius 2 is 1.81 bits per heavy atom. The maximum atomic E-state index is 13.4. The lowest BCUT2D eigenvalue weighted by molar-refractivity contribution is -0.119. The molecule has 1 aliphatic rings. The van der Waals surface area contributed by atoms with Gasteiger partial charge in [-0.15, -0.1) is 0 Å². The number of benzene rings is 2. The van der Waals surface area contributed by atoms with Gasteiger partial charge in [0.05, 0.1) is 11.3 Å². The summed E-state index contributed by atoms with van der Waals surface area (Å²) in [5.41, 5.74) is 3.72. The predicted molar refractivity (Wildman–Crippen MR) is 116 cm³/mol. The van der Waals surface area contributed by atoms with Crippen molar-refractivity contribution < 1.29 is 14.0 Å². The van der Waals surface area contributed by atoms with Gasteiger partial charge in [-0.1, -0.05) is 23.8 Å². The molecular weight excluding hydrogens is 395 g/mol. The van der Waals surface area contributed by atoms with E-state index < -0.39 is 0 Å². The molecule has 1 aromatic heterocycles. The van der Waals surface area contributed by atoms with Gasteiger partial charge in [0.25, 0.3) is 5.91 Å². The van der Waals surface area contributed by atoms with Gasteiger partial charge in [0.2, 0.25) is 5.91 Å². The molecule has 1 fully saturated rings. The second-order valence-corrected chi connectivity index (χ2v) is 7.95. The molecule has 4 rings (SSSR count). The van der Waals surface area contributed by atoms with Gasteiger partial charge in [0, 0.05) is 37.8 Å². The minimum absolute atomic E-state index is 0.0490. The summed E-state index contributed by atoms with van der Waals surface area (Å²) in [4.78, 5) is 26.6. The molecule has 1 N–H and O–H groups in total. The van der Waals surface area contributed by atoms with Crippen LogP contribution in [0.1, 0.15) is 35.7 Å². The molecule has 160 valence electrons. The fourth-order valence-corrected chi connectivity index (χ4v) is 3.95. The summed E-state index contributed by atoms with van der Waals surface area (Å²) in [5, 5.41) is 7.61. The minimum Gasteiger partial charge on any atom is -0.353 e. The quantitative estimate of drug-likeness (QED) is 0.699. The van der Waals surface area contributed by atoms with Crippen LogP contribution in [-0.2, 0) is 4.79 Å². The number of nitrogens with zero attached hydrogens (tertiary/aromatic N) is 3. The number of piperidine rings is 1. The average Bonchev–Trinajstić information content (AvgIpc) is 3.19. The van der Waals surface area contributed by atoms with Crippen LogP contribution in [0.15, 0.2) is 54.7 Å². The molecular formula is C24H25FN4O2. The van der Waals surface area contributed by atoms with Crippen molar-refractivity contribution >= 4 is 11.8 Å². The van der Waals surface area contributed by atoms with Crippen LogP contribution in [0.2, 0.25) is 0 Å². The minimum atomic E-state index is -0.326. The summed E-state index contributed by atoms with van der Waals surface area (Å²) >= 11 is 0. The van der Waals surface area contributed by atoms with Gasteiger partial charge in [-0.2, -0.15) is 5.10 Å². The number of hydrogen-bond acceptors (Lipinski definition) is 3. The largest absolute Gasteiger partial charge is 0.353 e. The number of likely N-dealkylation sites (tertiary alicyclic amines) is 1. The molecule has 31 heavy (non-hydrogen) atoms. The first-order valence-corrected chi connectivity index (χ1v) is 10.4. The summed E-state index contributed by atoms with van der Waals surface area (Å²) in [5.74, 6) is -0.466. The van der Waals surface area contributed by atoms with Crippen molar-refractivity contribution in [2.75, 3.05) is 13.1 Å². The van der Waals surface area contributed by atoms with Gasteiger partial charge in [0.15, 0.2) is 0 Å². The maximum absolute atomic E-state index is 13.4. The van der Waals surface area contributed by atoms with Crippen LogP contribution in [-0.4, -0.2) is 45.6 Å². The van der Waals surface area contributed by atoms with E-state index in [1.54, 1.807) is 23.0 Å². The van der Waals surface area contributed by atoms with E-state index in [4.69, 9.17) is 0 Å². The summed E-state index contributed by atoms with van der Waals surface area (Å²) in [7, 11) is 0. The number of nitrogens with one attached hydrogen (secondary N) is 1. The van der Waals surface area contributed by atoms with E-state index in [0.717, 1.165) is 24.0 Å². The smallest absolute Gasteiger partial charge is 0.257 e. The number of amides is 2. The Kier molecular flexibility index (Phi) is 5.84. The van der Waals surface area contributed by atoms with E-state index in [-0.39, 0.29) is 23.7 Å². The molecule has 0 unspecified atom stereocenters. The summed E-state index contributed by atoms with van der Waals surface area (Å²) in [6.07, 6.45) is 3.15. The van der Waals surface area contributed by atoms with Crippen LogP contribution in [0.3, 0.4) is 0 Å². The lowest BCUT2D eigenvalue weighted by Crippen LogP contribution is -2.46. The predicted octanol–water partition coefficient (Wildman–Crippen LogP) is 3.73. The topological polar surface area (TPSA) is 67.2 Å². The first kappa shape index (κ1) is 20.8.